The molecule has 12 nitrogen and oxygen atoms in total. The fraction of sp³-hybridized carbons (Fsp3) is 0.786. The minimum atomic E-state index is -1.01. The normalized spacial score (nSPS) is 15.2. The molecule has 0 radical (unpaired) electrons. The monoisotopic (exact) mass is 568 g/mol. The zero-order valence-corrected chi connectivity index (χ0v) is 26.1. The van der Waals surface area contributed by atoms with E-state index in [1.165, 1.54) is 13.8 Å². The molecule has 5 amide bonds. The predicted molar refractivity (Wildman–Crippen MR) is 154 cm³/mol. The molecule has 0 aromatic rings. The van der Waals surface area contributed by atoms with Gasteiger partial charge < -0.3 is 31.9 Å². The van der Waals surface area contributed by atoms with Crippen LogP contribution in [-0.4, -0.2) is 78.1 Å². The Morgan fingerprint density at radius 1 is 0.550 bits per heavy atom. The van der Waals surface area contributed by atoms with Gasteiger partial charge in [0.25, 0.3) is 0 Å². The van der Waals surface area contributed by atoms with Crippen LogP contribution in [0.1, 0.15) is 82.6 Å². The number of ketones is 1. The van der Waals surface area contributed by atoms with Gasteiger partial charge in [-0.3, -0.25) is 28.8 Å². The van der Waals surface area contributed by atoms with E-state index in [4.69, 9.17) is 0 Å². The highest BCUT2D eigenvalue weighted by Gasteiger charge is 2.30. The summed E-state index contributed by atoms with van der Waals surface area (Å²) in [6.45, 7) is 19.2. The molecule has 0 rings (SSSR count). The second-order valence-electron chi connectivity index (χ2n) is 11.8. The van der Waals surface area contributed by atoms with Crippen molar-refractivity contribution in [1.82, 2.24) is 31.9 Å². The number of nitrogens with one attached hydrogen (secondary N) is 6. The van der Waals surface area contributed by atoms with Crippen LogP contribution >= 0.6 is 0 Å². The molecule has 0 saturated heterocycles. The van der Waals surface area contributed by atoms with Gasteiger partial charge in [0.1, 0.15) is 24.2 Å². The minimum absolute atomic E-state index is 0.0601. The number of carbonyl (C=O) groups is 6. The maximum Gasteiger partial charge on any atom is 0.243 e. The molecule has 12 heteroatoms. The van der Waals surface area contributed by atoms with E-state index in [-0.39, 0.29) is 42.0 Å². The van der Waals surface area contributed by atoms with Crippen molar-refractivity contribution < 1.29 is 28.8 Å². The summed E-state index contributed by atoms with van der Waals surface area (Å²) in [7, 11) is 0. The Labute approximate surface area is 239 Å². The van der Waals surface area contributed by atoms with Crippen molar-refractivity contribution in [1.29, 1.82) is 0 Å². The van der Waals surface area contributed by atoms with Gasteiger partial charge in [-0.05, 0) is 39.0 Å². The van der Waals surface area contributed by atoms with E-state index in [0.717, 1.165) is 0 Å². The van der Waals surface area contributed by atoms with E-state index >= 15 is 0 Å². The summed E-state index contributed by atoms with van der Waals surface area (Å²) in [5.41, 5.74) is 0. The van der Waals surface area contributed by atoms with E-state index in [2.05, 4.69) is 31.9 Å². The van der Waals surface area contributed by atoms with Gasteiger partial charge in [0, 0.05) is 12.0 Å². The Bertz CT molecular complexity index is 889. The van der Waals surface area contributed by atoms with E-state index < -0.39 is 53.8 Å². The maximum absolute atomic E-state index is 12.9. The Hall–Kier alpha value is -3.02. The molecule has 0 heterocycles. The summed E-state index contributed by atoms with van der Waals surface area (Å²) >= 11 is 0. The Balaban J connectivity index is 5.15. The van der Waals surface area contributed by atoms with Crippen molar-refractivity contribution in [2.75, 3.05) is 6.54 Å². The molecule has 0 aliphatic heterocycles. The molecule has 0 spiro atoms. The third kappa shape index (κ3) is 13.9. The molecule has 0 aromatic heterocycles. The standard InChI is InChI=1S/C28H52N6O6/c1-14(2)12-21(33-22(35)13-29-17(7)8)27(39)32-19(10)25(37)31-20(11)26(38)34-23(15(3)4)28(40)30-18(9)24(36)16(5)6/h14-21,23,29H,12-13H2,1-11H3,(H,30,40)(H,31,37)(H,32,39)(H,33,35)(H,34,38)/t18-,19-,20-,21-,23-/m0/s1. The lowest BCUT2D eigenvalue weighted by molar-refractivity contribution is -0.135. The van der Waals surface area contributed by atoms with Crippen molar-refractivity contribution >= 4 is 35.3 Å². The molecule has 0 aromatic carbocycles. The molecule has 230 valence electrons. The van der Waals surface area contributed by atoms with E-state index in [1.54, 1.807) is 34.6 Å². The average Bonchev–Trinajstić information content (AvgIpc) is 2.83. The van der Waals surface area contributed by atoms with Crippen LogP contribution in [0.3, 0.4) is 0 Å². The first-order valence-corrected chi connectivity index (χ1v) is 14.1. The smallest absolute Gasteiger partial charge is 0.243 e. The summed E-state index contributed by atoms with van der Waals surface area (Å²) in [6, 6.07) is -4.35. The molecule has 5 atom stereocenters. The van der Waals surface area contributed by atoms with Crippen LogP contribution in [0.4, 0.5) is 0 Å². The predicted octanol–water partition coefficient (Wildman–Crippen LogP) is 0.395. The second kappa shape index (κ2) is 17.6. The van der Waals surface area contributed by atoms with Crippen molar-refractivity contribution in [3.63, 3.8) is 0 Å². The van der Waals surface area contributed by atoms with Gasteiger partial charge in [-0.1, -0.05) is 55.4 Å². The van der Waals surface area contributed by atoms with Gasteiger partial charge in [0.15, 0.2) is 5.78 Å². The minimum Gasteiger partial charge on any atom is -0.345 e. The molecule has 0 aliphatic carbocycles. The molecular weight excluding hydrogens is 516 g/mol. The van der Waals surface area contributed by atoms with Crippen LogP contribution in [0.15, 0.2) is 0 Å². The maximum atomic E-state index is 12.9. The fourth-order valence-electron chi connectivity index (χ4n) is 3.72. The van der Waals surface area contributed by atoms with Crippen LogP contribution in [0, 0.1) is 17.8 Å². The number of hydrogen-bond donors (Lipinski definition) is 6. The summed E-state index contributed by atoms with van der Waals surface area (Å²) in [4.78, 5) is 75.7. The molecule has 0 unspecified atom stereocenters. The third-order valence-electron chi connectivity index (χ3n) is 6.14. The summed E-state index contributed by atoms with van der Waals surface area (Å²) in [5.74, 6) is -3.07. The van der Waals surface area contributed by atoms with E-state index in [9.17, 15) is 28.8 Å². The molecule has 0 fully saturated rings. The summed E-state index contributed by atoms with van der Waals surface area (Å²) < 4.78 is 0. The van der Waals surface area contributed by atoms with Crippen LogP contribution < -0.4 is 31.9 Å². The van der Waals surface area contributed by atoms with Crippen molar-refractivity contribution in [3.05, 3.63) is 0 Å². The fourth-order valence-corrected chi connectivity index (χ4v) is 3.72. The van der Waals surface area contributed by atoms with Crippen molar-refractivity contribution in [3.8, 4) is 0 Å². The van der Waals surface area contributed by atoms with Crippen LogP contribution in [0.5, 0.6) is 0 Å². The number of Topliss-reactive ketones (excluding diaryl/α,β-unsaturated/α-hetero) is 1. The van der Waals surface area contributed by atoms with Crippen molar-refractivity contribution in [2.45, 2.75) is 119 Å². The van der Waals surface area contributed by atoms with Gasteiger partial charge in [-0.25, -0.2) is 0 Å². The molecule has 0 bridgehead atoms. The number of amides is 5. The van der Waals surface area contributed by atoms with Gasteiger partial charge in [-0.2, -0.15) is 0 Å². The lowest BCUT2D eigenvalue weighted by atomic mass is 10.00. The van der Waals surface area contributed by atoms with Crippen LogP contribution in [0.2, 0.25) is 0 Å². The molecule has 40 heavy (non-hydrogen) atoms. The lowest BCUT2D eigenvalue weighted by Crippen LogP contribution is -2.58. The number of rotatable bonds is 17. The van der Waals surface area contributed by atoms with Gasteiger partial charge in [-0.15, -0.1) is 0 Å². The quantitative estimate of drug-likeness (QED) is 0.147. The number of carbonyl (C=O) groups excluding carboxylic acids is 6. The summed E-state index contributed by atoms with van der Waals surface area (Å²) in [5, 5.41) is 16.1. The number of hydrogen-bond acceptors (Lipinski definition) is 7. The molecule has 0 aliphatic rings. The first-order valence-electron chi connectivity index (χ1n) is 14.1. The van der Waals surface area contributed by atoms with Crippen LogP contribution in [0.25, 0.3) is 0 Å². The second-order valence-corrected chi connectivity index (χ2v) is 11.8. The highest BCUT2D eigenvalue weighted by Crippen LogP contribution is 2.07. The molecular formula is C28H52N6O6. The third-order valence-corrected chi connectivity index (χ3v) is 6.14. The Kier molecular flexibility index (Phi) is 16.3. The first kappa shape index (κ1) is 37.0. The van der Waals surface area contributed by atoms with Gasteiger partial charge >= 0.3 is 0 Å². The van der Waals surface area contributed by atoms with E-state index in [0.29, 0.717) is 6.42 Å². The molecule has 6 N–H and O–H groups in total. The lowest BCUT2D eigenvalue weighted by Gasteiger charge is -2.26. The van der Waals surface area contributed by atoms with E-state index in [1.807, 2.05) is 27.7 Å². The largest absolute Gasteiger partial charge is 0.345 e. The highest BCUT2D eigenvalue weighted by atomic mass is 16.2. The SMILES string of the molecule is CC(C)C[C@H](NC(=O)CNC(C)C)C(=O)N[C@@H](C)C(=O)N[C@@H](C)C(=O)N[C@H](C(=O)N[C@@H](C)C(=O)C(C)C)C(C)C. The van der Waals surface area contributed by atoms with Gasteiger partial charge in [0.2, 0.25) is 29.5 Å². The topological polar surface area (TPSA) is 175 Å². The average molecular weight is 569 g/mol. The Morgan fingerprint density at radius 3 is 1.48 bits per heavy atom. The van der Waals surface area contributed by atoms with Gasteiger partial charge in [0.05, 0.1) is 12.6 Å². The zero-order chi connectivity index (χ0) is 31.3. The first-order chi connectivity index (χ1) is 18.4. The highest BCUT2D eigenvalue weighted by molar-refractivity contribution is 5.96. The zero-order valence-electron chi connectivity index (χ0n) is 26.1. The summed E-state index contributed by atoms with van der Waals surface area (Å²) in [6.07, 6.45) is 0.381. The van der Waals surface area contributed by atoms with Crippen LogP contribution in [-0.2, 0) is 28.8 Å². The Morgan fingerprint density at radius 2 is 1.02 bits per heavy atom. The van der Waals surface area contributed by atoms with Crippen molar-refractivity contribution in [2.24, 2.45) is 17.8 Å². The molecule has 0 saturated carbocycles.